The molecule has 3 nitrogen and oxygen atoms in total. The maximum absolute atomic E-state index is 6.19. The molecule has 0 atom stereocenters. The Morgan fingerprint density at radius 1 is 1.28 bits per heavy atom. The van der Waals surface area contributed by atoms with Crippen LogP contribution >= 0.6 is 23.2 Å². The third-order valence-corrected chi connectivity index (χ3v) is 3.09. The average molecular weight is 285 g/mol. The molecule has 0 radical (unpaired) electrons. The Morgan fingerprint density at radius 2 is 1.94 bits per heavy atom. The Morgan fingerprint density at radius 3 is 2.44 bits per heavy atom. The van der Waals surface area contributed by atoms with Gasteiger partial charge in [-0.3, -0.25) is 0 Å². The molecule has 5 heteroatoms. The van der Waals surface area contributed by atoms with Crippen LogP contribution in [-0.2, 0) is 7.05 Å². The third kappa shape index (κ3) is 2.62. The Labute approximate surface area is 116 Å². The largest absolute Gasteiger partial charge is 0.490 e. The second kappa shape index (κ2) is 5.63. The van der Waals surface area contributed by atoms with Gasteiger partial charge in [0.15, 0.2) is 5.75 Å². The molecule has 18 heavy (non-hydrogen) atoms. The molecule has 0 amide bonds. The van der Waals surface area contributed by atoms with Gasteiger partial charge in [-0.25, -0.2) is 4.98 Å². The highest BCUT2D eigenvalue weighted by atomic mass is 35.5. The van der Waals surface area contributed by atoms with Crippen LogP contribution in [0.3, 0.4) is 0 Å². The van der Waals surface area contributed by atoms with Gasteiger partial charge in [0.25, 0.3) is 0 Å². The van der Waals surface area contributed by atoms with E-state index in [1.807, 2.05) is 36.9 Å². The minimum atomic E-state index is 0.508. The zero-order valence-electron chi connectivity index (χ0n) is 10.3. The van der Waals surface area contributed by atoms with Crippen molar-refractivity contribution in [2.45, 2.75) is 13.3 Å². The number of aromatic nitrogens is 2. The van der Waals surface area contributed by atoms with E-state index in [4.69, 9.17) is 27.9 Å². The van der Waals surface area contributed by atoms with Crippen molar-refractivity contribution in [3.05, 3.63) is 34.6 Å². The fourth-order valence-electron chi connectivity index (χ4n) is 1.67. The highest BCUT2D eigenvalue weighted by Gasteiger charge is 2.12. The number of hydrogen-bond donors (Lipinski definition) is 0. The number of benzene rings is 1. The molecular formula is C13H14Cl2N2O. The van der Waals surface area contributed by atoms with E-state index in [2.05, 4.69) is 4.98 Å². The Hall–Kier alpha value is -1.19. The van der Waals surface area contributed by atoms with Crippen molar-refractivity contribution in [2.75, 3.05) is 6.61 Å². The highest BCUT2D eigenvalue weighted by Crippen LogP contribution is 2.37. The van der Waals surface area contributed by atoms with E-state index in [1.165, 1.54) is 0 Å². The lowest BCUT2D eigenvalue weighted by molar-refractivity contribution is 0.318. The topological polar surface area (TPSA) is 27.1 Å². The minimum Gasteiger partial charge on any atom is -0.490 e. The second-order valence-corrected chi connectivity index (χ2v) is 4.79. The van der Waals surface area contributed by atoms with Gasteiger partial charge in [-0.05, 0) is 18.6 Å². The number of imidazole rings is 1. The van der Waals surface area contributed by atoms with Crippen LogP contribution in [0.4, 0.5) is 0 Å². The van der Waals surface area contributed by atoms with Gasteiger partial charge in [0.1, 0.15) is 5.82 Å². The summed E-state index contributed by atoms with van der Waals surface area (Å²) in [6.07, 6.45) is 4.52. The molecule has 1 aromatic carbocycles. The lowest BCUT2D eigenvalue weighted by Crippen LogP contribution is -1.98. The van der Waals surface area contributed by atoms with Crippen molar-refractivity contribution >= 4 is 23.2 Å². The van der Waals surface area contributed by atoms with E-state index in [0.717, 1.165) is 17.8 Å². The lowest BCUT2D eigenvalue weighted by Gasteiger charge is -2.11. The number of hydrogen-bond acceptors (Lipinski definition) is 2. The summed E-state index contributed by atoms with van der Waals surface area (Å²) in [6, 6.07) is 3.64. The molecule has 1 heterocycles. The van der Waals surface area contributed by atoms with Crippen LogP contribution in [0.25, 0.3) is 11.4 Å². The van der Waals surface area contributed by atoms with Gasteiger partial charge in [0, 0.05) is 25.0 Å². The molecule has 0 aliphatic heterocycles. The van der Waals surface area contributed by atoms with Gasteiger partial charge in [-0.1, -0.05) is 30.1 Å². The number of rotatable bonds is 4. The summed E-state index contributed by atoms with van der Waals surface area (Å²) in [4.78, 5) is 4.26. The average Bonchev–Trinajstić information content (AvgIpc) is 2.74. The molecule has 0 fully saturated rings. The van der Waals surface area contributed by atoms with Crippen LogP contribution in [0.15, 0.2) is 24.5 Å². The van der Waals surface area contributed by atoms with Crippen molar-refractivity contribution in [1.29, 1.82) is 0 Å². The van der Waals surface area contributed by atoms with Crippen LogP contribution in [0, 0.1) is 0 Å². The summed E-state index contributed by atoms with van der Waals surface area (Å²) in [5.41, 5.74) is 0.876. The Kier molecular flexibility index (Phi) is 4.15. The van der Waals surface area contributed by atoms with Crippen molar-refractivity contribution in [1.82, 2.24) is 9.55 Å². The quantitative estimate of drug-likeness (QED) is 0.842. The van der Waals surface area contributed by atoms with Gasteiger partial charge >= 0.3 is 0 Å². The number of nitrogens with zero attached hydrogens (tertiary/aromatic N) is 2. The maximum atomic E-state index is 6.19. The van der Waals surface area contributed by atoms with E-state index in [9.17, 15) is 0 Å². The summed E-state index contributed by atoms with van der Waals surface area (Å²) in [7, 11) is 1.92. The molecule has 2 rings (SSSR count). The van der Waals surface area contributed by atoms with Crippen LogP contribution in [0.2, 0.25) is 10.0 Å². The molecule has 0 N–H and O–H groups in total. The molecule has 0 saturated heterocycles. The number of aryl methyl sites for hydroxylation is 1. The predicted molar refractivity (Wildman–Crippen MR) is 74.5 cm³/mol. The summed E-state index contributed by atoms with van der Waals surface area (Å²) < 4.78 is 7.44. The van der Waals surface area contributed by atoms with Gasteiger partial charge in [0.05, 0.1) is 16.7 Å². The van der Waals surface area contributed by atoms with Gasteiger partial charge in [-0.15, -0.1) is 0 Å². The summed E-state index contributed by atoms with van der Waals surface area (Å²) in [6.45, 7) is 2.63. The normalized spacial score (nSPS) is 10.7. The van der Waals surface area contributed by atoms with Crippen molar-refractivity contribution < 1.29 is 4.74 Å². The smallest absolute Gasteiger partial charge is 0.156 e. The molecule has 0 saturated carbocycles. The van der Waals surface area contributed by atoms with E-state index in [0.29, 0.717) is 22.4 Å². The fraction of sp³-hybridized carbons (Fsp3) is 0.308. The first-order valence-electron chi connectivity index (χ1n) is 5.73. The highest BCUT2D eigenvalue weighted by molar-refractivity contribution is 6.37. The fourth-order valence-corrected chi connectivity index (χ4v) is 2.27. The first-order chi connectivity index (χ1) is 8.63. The zero-order valence-corrected chi connectivity index (χ0v) is 11.8. The SMILES string of the molecule is CCCOc1c(Cl)cc(-c2nccn2C)cc1Cl. The van der Waals surface area contributed by atoms with Crippen LogP contribution in [-0.4, -0.2) is 16.2 Å². The standard InChI is InChI=1S/C13H14Cl2N2O/c1-3-6-18-12-10(14)7-9(8-11(12)15)13-16-4-5-17(13)2/h4-5,7-8H,3,6H2,1-2H3. The van der Waals surface area contributed by atoms with E-state index >= 15 is 0 Å². The molecule has 0 aliphatic carbocycles. The van der Waals surface area contributed by atoms with Gasteiger partial charge in [-0.2, -0.15) is 0 Å². The zero-order chi connectivity index (χ0) is 13.1. The molecule has 1 aromatic heterocycles. The molecular weight excluding hydrogens is 271 g/mol. The molecule has 0 spiro atoms. The summed E-state index contributed by atoms with van der Waals surface area (Å²) in [5, 5.41) is 1.02. The number of halogens is 2. The van der Waals surface area contributed by atoms with E-state index in [1.54, 1.807) is 6.20 Å². The van der Waals surface area contributed by atoms with Gasteiger partial charge in [0.2, 0.25) is 0 Å². The maximum Gasteiger partial charge on any atom is 0.156 e. The van der Waals surface area contributed by atoms with E-state index in [-0.39, 0.29) is 0 Å². The molecule has 0 aliphatic rings. The Bertz CT molecular complexity index is 529. The van der Waals surface area contributed by atoms with E-state index < -0.39 is 0 Å². The molecule has 0 unspecified atom stereocenters. The first kappa shape index (κ1) is 13.2. The van der Waals surface area contributed by atoms with Crippen molar-refractivity contribution in [3.63, 3.8) is 0 Å². The summed E-state index contributed by atoms with van der Waals surface area (Å²) >= 11 is 12.4. The van der Waals surface area contributed by atoms with Gasteiger partial charge < -0.3 is 9.30 Å². The minimum absolute atomic E-state index is 0.508. The van der Waals surface area contributed by atoms with Crippen LogP contribution in [0.1, 0.15) is 13.3 Å². The third-order valence-electron chi connectivity index (χ3n) is 2.53. The monoisotopic (exact) mass is 284 g/mol. The molecule has 2 aromatic rings. The Balaban J connectivity index is 2.39. The van der Waals surface area contributed by atoms with Crippen molar-refractivity contribution in [2.24, 2.45) is 7.05 Å². The van der Waals surface area contributed by atoms with Crippen LogP contribution in [0.5, 0.6) is 5.75 Å². The van der Waals surface area contributed by atoms with Crippen LogP contribution < -0.4 is 4.74 Å². The summed E-state index contributed by atoms with van der Waals surface area (Å²) in [5.74, 6) is 1.36. The predicted octanol–water partition coefficient (Wildman–Crippen LogP) is 4.18. The second-order valence-electron chi connectivity index (χ2n) is 3.98. The molecule has 0 bridgehead atoms. The number of ether oxygens (including phenoxy) is 1. The van der Waals surface area contributed by atoms with Crippen molar-refractivity contribution in [3.8, 4) is 17.1 Å². The first-order valence-corrected chi connectivity index (χ1v) is 6.48. The lowest BCUT2D eigenvalue weighted by atomic mass is 10.2. The molecule has 96 valence electrons.